The predicted octanol–water partition coefficient (Wildman–Crippen LogP) is 15.6. The summed E-state index contributed by atoms with van der Waals surface area (Å²) in [6.07, 6.45) is 8.52. The van der Waals surface area contributed by atoms with Gasteiger partial charge >= 0.3 is 0 Å². The molecule has 4 fully saturated rings. The summed E-state index contributed by atoms with van der Waals surface area (Å²) in [5, 5.41) is 0. The maximum atomic E-state index is 2.51. The summed E-state index contributed by atoms with van der Waals surface area (Å²) >= 11 is 0. The SMILES string of the molecule is Cc1ccc2c(c1)C(c1ccccc1)(c1ccccc1)c1cc(N(c3ccc(-c4ccccc4-c4ccccc4)cc3)c3ccc(C45CC6CC(CC(C6)C4)C5)cc3)ccc1-2. The molecule has 0 radical (unpaired) electrons. The number of hydrogen-bond donors (Lipinski definition) is 0. The third-order valence-corrected chi connectivity index (χ3v) is 15.2. The summed E-state index contributed by atoms with van der Waals surface area (Å²) in [6.45, 7) is 2.23. The van der Waals surface area contributed by atoms with Gasteiger partial charge in [-0.15, -0.1) is 0 Å². The highest BCUT2D eigenvalue weighted by Crippen LogP contribution is 2.61. The Labute approximate surface area is 361 Å². The average molecular weight is 786 g/mol. The van der Waals surface area contributed by atoms with Crippen molar-refractivity contribution in [1.82, 2.24) is 0 Å². The maximum Gasteiger partial charge on any atom is 0.0714 e. The van der Waals surface area contributed by atoms with Gasteiger partial charge in [0.1, 0.15) is 0 Å². The average Bonchev–Trinajstić information content (AvgIpc) is 3.59. The van der Waals surface area contributed by atoms with Gasteiger partial charge in [-0.3, -0.25) is 0 Å². The van der Waals surface area contributed by atoms with E-state index >= 15 is 0 Å². The van der Waals surface area contributed by atoms with Crippen LogP contribution in [0.4, 0.5) is 17.1 Å². The fraction of sp³-hybridized carbons (Fsp3) is 0.200. The van der Waals surface area contributed by atoms with E-state index in [1.807, 2.05) is 0 Å². The highest BCUT2D eigenvalue weighted by molar-refractivity contribution is 5.90. The minimum Gasteiger partial charge on any atom is -0.310 e. The van der Waals surface area contributed by atoms with Gasteiger partial charge in [0.2, 0.25) is 0 Å². The molecule has 1 nitrogen and oxygen atoms in total. The van der Waals surface area contributed by atoms with Crippen LogP contribution in [0.2, 0.25) is 0 Å². The number of anilines is 3. The lowest BCUT2D eigenvalue weighted by Gasteiger charge is -2.57. The van der Waals surface area contributed by atoms with Crippen LogP contribution in [0.5, 0.6) is 0 Å². The molecular formula is C60H51N. The molecule has 0 N–H and O–H groups in total. The van der Waals surface area contributed by atoms with Gasteiger partial charge in [0, 0.05) is 17.1 Å². The Hall–Kier alpha value is -6.44. The first kappa shape index (κ1) is 36.4. The van der Waals surface area contributed by atoms with Crippen molar-refractivity contribution >= 4 is 17.1 Å². The fourth-order valence-electron chi connectivity index (χ4n) is 13.0. The molecular weight excluding hydrogens is 735 g/mol. The van der Waals surface area contributed by atoms with Crippen LogP contribution < -0.4 is 4.90 Å². The van der Waals surface area contributed by atoms with Crippen LogP contribution in [0.1, 0.15) is 71.9 Å². The molecule has 4 saturated carbocycles. The standard InChI is InChI=1S/C60H51N/c1-41-21-31-55-56-32-30-52(37-58(56)60(57(55)33-41,48-15-7-3-8-16-48)49-17-9-4-10-18-49)61(51-28-24-47(25-29-51)59-38-42-34-43(39-59)36-44(35-42)40-59)50-26-22-46(23-27-50)54-20-12-11-19-53(54)45-13-5-2-6-14-45/h2-33,37,42-44H,34-36,38-40H2,1H3. The Morgan fingerprint density at radius 2 is 0.820 bits per heavy atom. The third kappa shape index (κ3) is 5.88. The number of rotatable bonds is 8. The highest BCUT2D eigenvalue weighted by atomic mass is 15.1. The largest absolute Gasteiger partial charge is 0.310 e. The molecule has 8 aromatic carbocycles. The van der Waals surface area contributed by atoms with E-state index in [2.05, 4.69) is 212 Å². The predicted molar refractivity (Wildman–Crippen MR) is 254 cm³/mol. The van der Waals surface area contributed by atoms with Gasteiger partial charge in [-0.1, -0.05) is 169 Å². The van der Waals surface area contributed by atoms with Gasteiger partial charge in [0.25, 0.3) is 0 Å². The molecule has 8 aromatic rings. The number of fused-ring (bicyclic) bond motifs is 3. The Kier molecular flexibility index (Phi) is 8.56. The van der Waals surface area contributed by atoms with E-state index < -0.39 is 5.41 Å². The lowest BCUT2D eigenvalue weighted by Crippen LogP contribution is -2.48. The van der Waals surface area contributed by atoms with Crippen LogP contribution >= 0.6 is 0 Å². The minimum atomic E-state index is -0.478. The van der Waals surface area contributed by atoms with Gasteiger partial charge in [0.05, 0.1) is 5.41 Å². The molecule has 5 aliphatic rings. The van der Waals surface area contributed by atoms with Crippen molar-refractivity contribution < 1.29 is 0 Å². The van der Waals surface area contributed by atoms with Gasteiger partial charge in [0.15, 0.2) is 0 Å². The van der Waals surface area contributed by atoms with Crippen molar-refractivity contribution in [3.8, 4) is 33.4 Å². The van der Waals surface area contributed by atoms with E-state index in [1.165, 1.54) is 111 Å². The van der Waals surface area contributed by atoms with Crippen molar-refractivity contribution in [1.29, 1.82) is 0 Å². The summed E-state index contributed by atoms with van der Waals surface area (Å²) in [4.78, 5) is 2.51. The van der Waals surface area contributed by atoms with Crippen LogP contribution in [0.3, 0.4) is 0 Å². The van der Waals surface area contributed by atoms with Crippen molar-refractivity contribution in [2.45, 2.75) is 56.3 Å². The van der Waals surface area contributed by atoms with Crippen molar-refractivity contribution in [3.63, 3.8) is 0 Å². The number of nitrogens with zero attached hydrogens (tertiary/aromatic N) is 1. The smallest absolute Gasteiger partial charge is 0.0714 e. The molecule has 61 heavy (non-hydrogen) atoms. The van der Waals surface area contributed by atoms with Gasteiger partial charge in [-0.2, -0.15) is 0 Å². The molecule has 4 bridgehead atoms. The molecule has 1 heteroatoms. The van der Waals surface area contributed by atoms with E-state index in [1.54, 1.807) is 5.56 Å². The van der Waals surface area contributed by atoms with E-state index in [0.717, 1.165) is 23.4 Å². The van der Waals surface area contributed by atoms with Gasteiger partial charge < -0.3 is 4.90 Å². The van der Waals surface area contributed by atoms with Crippen LogP contribution in [0.25, 0.3) is 33.4 Å². The summed E-state index contributed by atoms with van der Waals surface area (Å²) in [7, 11) is 0. The fourth-order valence-corrected chi connectivity index (χ4v) is 13.0. The van der Waals surface area contributed by atoms with Crippen molar-refractivity contribution in [2.24, 2.45) is 17.8 Å². The zero-order chi connectivity index (χ0) is 40.5. The first-order valence-electron chi connectivity index (χ1n) is 22.6. The molecule has 0 saturated heterocycles. The Morgan fingerprint density at radius 1 is 0.377 bits per heavy atom. The molecule has 0 amide bonds. The van der Waals surface area contributed by atoms with Crippen LogP contribution in [0, 0.1) is 24.7 Å². The van der Waals surface area contributed by atoms with E-state index in [-0.39, 0.29) is 0 Å². The second-order valence-electron chi connectivity index (χ2n) is 18.8. The molecule has 0 spiro atoms. The lowest BCUT2D eigenvalue weighted by molar-refractivity contribution is -0.00518. The number of hydrogen-bond acceptors (Lipinski definition) is 1. The topological polar surface area (TPSA) is 3.24 Å². The highest BCUT2D eigenvalue weighted by Gasteiger charge is 2.51. The summed E-state index contributed by atoms with van der Waals surface area (Å²) in [6, 6.07) is 75.4. The summed E-state index contributed by atoms with van der Waals surface area (Å²) in [5.41, 5.74) is 19.0. The maximum absolute atomic E-state index is 2.51. The second kappa shape index (κ2) is 14.3. The molecule has 0 atom stereocenters. The molecule has 0 aliphatic heterocycles. The zero-order valence-electron chi connectivity index (χ0n) is 35.0. The zero-order valence-corrected chi connectivity index (χ0v) is 35.0. The van der Waals surface area contributed by atoms with E-state index in [9.17, 15) is 0 Å². The van der Waals surface area contributed by atoms with Crippen LogP contribution in [-0.2, 0) is 10.8 Å². The Morgan fingerprint density at radius 3 is 1.38 bits per heavy atom. The molecule has 0 aromatic heterocycles. The Bertz CT molecular complexity index is 2800. The summed E-state index contributed by atoms with van der Waals surface area (Å²) in [5.74, 6) is 2.75. The summed E-state index contributed by atoms with van der Waals surface area (Å²) < 4.78 is 0. The number of aryl methyl sites for hydroxylation is 1. The van der Waals surface area contributed by atoms with Gasteiger partial charge in [-0.05, 0) is 166 Å². The first-order chi connectivity index (χ1) is 30.1. The molecule has 296 valence electrons. The quantitative estimate of drug-likeness (QED) is 0.148. The van der Waals surface area contributed by atoms with Crippen LogP contribution in [0.15, 0.2) is 200 Å². The molecule has 0 unspecified atom stereocenters. The first-order valence-corrected chi connectivity index (χ1v) is 22.6. The van der Waals surface area contributed by atoms with Crippen LogP contribution in [-0.4, -0.2) is 0 Å². The minimum absolute atomic E-state index is 0.356. The van der Waals surface area contributed by atoms with E-state index in [4.69, 9.17) is 0 Å². The van der Waals surface area contributed by atoms with E-state index in [0.29, 0.717) is 5.41 Å². The number of benzene rings is 8. The third-order valence-electron chi connectivity index (χ3n) is 15.2. The van der Waals surface area contributed by atoms with Gasteiger partial charge in [-0.25, -0.2) is 0 Å². The van der Waals surface area contributed by atoms with Crippen molar-refractivity contribution in [3.05, 3.63) is 234 Å². The monoisotopic (exact) mass is 785 g/mol. The lowest BCUT2D eigenvalue weighted by atomic mass is 9.48. The molecule has 5 aliphatic carbocycles. The Balaban J connectivity index is 1.03. The second-order valence-corrected chi connectivity index (χ2v) is 18.8. The molecule has 13 rings (SSSR count). The van der Waals surface area contributed by atoms with Crippen molar-refractivity contribution in [2.75, 3.05) is 4.90 Å². The normalized spacial score (nSPS) is 21.5. The molecule has 0 heterocycles.